The second-order valence-corrected chi connectivity index (χ2v) is 6.43. The maximum atomic E-state index is 12.2. The van der Waals surface area contributed by atoms with Crippen molar-refractivity contribution in [1.29, 1.82) is 0 Å². The zero-order chi connectivity index (χ0) is 16.5. The van der Waals surface area contributed by atoms with Gasteiger partial charge in [0.15, 0.2) is 0 Å². The zero-order valence-corrected chi connectivity index (χ0v) is 14.3. The molecule has 1 saturated heterocycles. The van der Waals surface area contributed by atoms with Crippen molar-refractivity contribution in [2.75, 3.05) is 11.9 Å². The fourth-order valence-electron chi connectivity index (χ4n) is 2.23. The SMILES string of the molecule is CC[C@]1(C)NC(=O)N(CC(=O)Nc2ccc(Br)cc2C)C1=O. The number of hydrogen-bond acceptors (Lipinski definition) is 3. The van der Waals surface area contributed by atoms with Gasteiger partial charge in [-0.2, -0.15) is 0 Å². The van der Waals surface area contributed by atoms with Crippen molar-refractivity contribution in [2.45, 2.75) is 32.7 Å². The largest absolute Gasteiger partial charge is 0.325 e. The van der Waals surface area contributed by atoms with Crippen LogP contribution < -0.4 is 10.6 Å². The van der Waals surface area contributed by atoms with Crippen molar-refractivity contribution in [3.63, 3.8) is 0 Å². The molecule has 4 amide bonds. The van der Waals surface area contributed by atoms with E-state index in [9.17, 15) is 14.4 Å². The Kier molecular flexibility index (Phi) is 4.55. The number of nitrogens with zero attached hydrogens (tertiary/aromatic N) is 1. The molecule has 0 aromatic heterocycles. The molecular formula is C15H18BrN3O3. The summed E-state index contributed by atoms with van der Waals surface area (Å²) < 4.78 is 0.913. The van der Waals surface area contributed by atoms with E-state index in [1.807, 2.05) is 26.0 Å². The third-order valence-electron chi connectivity index (χ3n) is 3.82. The van der Waals surface area contributed by atoms with Crippen molar-refractivity contribution in [3.05, 3.63) is 28.2 Å². The number of carbonyl (C=O) groups excluding carboxylic acids is 3. The van der Waals surface area contributed by atoms with Crippen molar-refractivity contribution in [2.24, 2.45) is 0 Å². The molecule has 0 unspecified atom stereocenters. The molecule has 0 saturated carbocycles. The summed E-state index contributed by atoms with van der Waals surface area (Å²) in [6.07, 6.45) is 0.474. The van der Waals surface area contributed by atoms with Crippen LogP contribution in [0.2, 0.25) is 0 Å². The maximum Gasteiger partial charge on any atom is 0.325 e. The van der Waals surface area contributed by atoms with Crippen LogP contribution in [0.5, 0.6) is 0 Å². The second kappa shape index (κ2) is 6.08. The molecule has 1 aromatic rings. The molecule has 118 valence electrons. The van der Waals surface area contributed by atoms with Gasteiger partial charge in [-0.15, -0.1) is 0 Å². The van der Waals surface area contributed by atoms with E-state index in [1.54, 1.807) is 13.0 Å². The fraction of sp³-hybridized carbons (Fsp3) is 0.400. The lowest BCUT2D eigenvalue weighted by molar-refractivity contribution is -0.133. The van der Waals surface area contributed by atoms with Crippen LogP contribution >= 0.6 is 15.9 Å². The smallest absolute Gasteiger partial charge is 0.324 e. The highest BCUT2D eigenvalue weighted by molar-refractivity contribution is 9.10. The molecule has 22 heavy (non-hydrogen) atoms. The summed E-state index contributed by atoms with van der Waals surface area (Å²) in [7, 11) is 0. The van der Waals surface area contributed by atoms with Gasteiger partial charge in [0.2, 0.25) is 5.91 Å². The number of amides is 4. The molecule has 1 aromatic carbocycles. The minimum Gasteiger partial charge on any atom is -0.324 e. The highest BCUT2D eigenvalue weighted by Gasteiger charge is 2.46. The van der Waals surface area contributed by atoms with E-state index in [4.69, 9.17) is 0 Å². The van der Waals surface area contributed by atoms with E-state index in [0.717, 1.165) is 14.9 Å². The van der Waals surface area contributed by atoms with E-state index in [1.165, 1.54) is 0 Å². The van der Waals surface area contributed by atoms with Crippen LogP contribution in [0.15, 0.2) is 22.7 Å². The van der Waals surface area contributed by atoms with Crippen LogP contribution in [0.25, 0.3) is 0 Å². The molecule has 1 fully saturated rings. The molecule has 1 aliphatic rings. The van der Waals surface area contributed by atoms with Crippen molar-refractivity contribution in [3.8, 4) is 0 Å². The Labute approximate surface area is 137 Å². The van der Waals surface area contributed by atoms with Crippen molar-refractivity contribution in [1.82, 2.24) is 10.2 Å². The fourth-order valence-corrected chi connectivity index (χ4v) is 2.71. The number of carbonyl (C=O) groups is 3. The molecule has 0 spiro atoms. The molecule has 2 rings (SSSR count). The summed E-state index contributed by atoms with van der Waals surface area (Å²) >= 11 is 3.35. The Morgan fingerprint density at radius 3 is 2.64 bits per heavy atom. The third-order valence-corrected chi connectivity index (χ3v) is 4.31. The molecule has 1 atom stereocenters. The predicted octanol–water partition coefficient (Wildman–Crippen LogP) is 2.42. The number of rotatable bonds is 4. The van der Waals surface area contributed by atoms with Gasteiger partial charge in [0.25, 0.3) is 5.91 Å². The molecule has 0 aliphatic carbocycles. The Balaban J connectivity index is 2.06. The summed E-state index contributed by atoms with van der Waals surface area (Å²) in [5, 5.41) is 5.34. The summed E-state index contributed by atoms with van der Waals surface area (Å²) in [5.41, 5.74) is 0.613. The van der Waals surface area contributed by atoms with Gasteiger partial charge < -0.3 is 10.6 Å². The maximum absolute atomic E-state index is 12.2. The molecule has 2 N–H and O–H groups in total. The number of anilines is 1. The van der Waals surface area contributed by atoms with Gasteiger partial charge in [-0.1, -0.05) is 22.9 Å². The zero-order valence-electron chi connectivity index (χ0n) is 12.7. The van der Waals surface area contributed by atoms with Crippen LogP contribution in [-0.4, -0.2) is 34.8 Å². The lowest BCUT2D eigenvalue weighted by Gasteiger charge is -2.19. The van der Waals surface area contributed by atoms with Gasteiger partial charge in [0.05, 0.1) is 0 Å². The molecule has 7 heteroatoms. The normalized spacial score (nSPS) is 21.0. The Bertz CT molecular complexity index is 647. The number of imide groups is 1. The molecule has 1 aliphatic heterocycles. The first-order valence-corrected chi connectivity index (χ1v) is 7.76. The van der Waals surface area contributed by atoms with E-state index >= 15 is 0 Å². The highest BCUT2D eigenvalue weighted by Crippen LogP contribution is 2.22. The first kappa shape index (κ1) is 16.5. The number of benzene rings is 1. The molecule has 0 radical (unpaired) electrons. The standard InChI is InChI=1S/C15H18BrN3O3/c1-4-15(3)13(21)19(14(22)18-15)8-12(20)17-11-6-5-10(16)7-9(11)2/h5-7H,4,8H2,1-3H3,(H,17,20)(H,18,22)/t15-/m0/s1. The quantitative estimate of drug-likeness (QED) is 0.802. The van der Waals surface area contributed by atoms with Gasteiger partial charge in [0.1, 0.15) is 12.1 Å². The average molecular weight is 368 g/mol. The minimum atomic E-state index is -0.926. The Morgan fingerprint density at radius 1 is 1.41 bits per heavy atom. The molecule has 6 nitrogen and oxygen atoms in total. The summed E-state index contributed by atoms with van der Waals surface area (Å²) in [5.74, 6) is -0.781. The average Bonchev–Trinajstić information content (AvgIpc) is 2.66. The summed E-state index contributed by atoms with van der Waals surface area (Å²) in [6.45, 7) is 5.04. The van der Waals surface area contributed by atoms with Crippen LogP contribution in [0.1, 0.15) is 25.8 Å². The highest BCUT2D eigenvalue weighted by atomic mass is 79.9. The number of hydrogen-bond donors (Lipinski definition) is 2. The van der Waals surface area contributed by atoms with Crippen LogP contribution in [-0.2, 0) is 9.59 Å². The number of nitrogens with one attached hydrogen (secondary N) is 2. The van der Waals surface area contributed by atoms with E-state index in [0.29, 0.717) is 12.1 Å². The van der Waals surface area contributed by atoms with Gasteiger partial charge in [0, 0.05) is 10.2 Å². The number of urea groups is 1. The second-order valence-electron chi connectivity index (χ2n) is 5.51. The summed E-state index contributed by atoms with van der Waals surface area (Å²) in [6, 6.07) is 4.92. The van der Waals surface area contributed by atoms with Crippen LogP contribution in [0, 0.1) is 6.92 Å². The monoisotopic (exact) mass is 367 g/mol. The van der Waals surface area contributed by atoms with Crippen LogP contribution in [0.4, 0.5) is 10.5 Å². The first-order chi connectivity index (χ1) is 10.3. The predicted molar refractivity (Wildman–Crippen MR) is 86.4 cm³/mol. The van der Waals surface area contributed by atoms with E-state index in [2.05, 4.69) is 26.6 Å². The lowest BCUT2D eigenvalue weighted by atomic mass is 9.99. The van der Waals surface area contributed by atoms with Crippen molar-refractivity contribution >= 4 is 39.5 Å². The Hall–Kier alpha value is -1.89. The topological polar surface area (TPSA) is 78.5 Å². The third kappa shape index (κ3) is 3.14. The van der Waals surface area contributed by atoms with E-state index in [-0.39, 0.29) is 12.5 Å². The van der Waals surface area contributed by atoms with E-state index < -0.39 is 17.5 Å². The minimum absolute atomic E-state index is 0.296. The number of aryl methyl sites for hydroxylation is 1. The molecular weight excluding hydrogens is 350 g/mol. The Morgan fingerprint density at radius 2 is 2.09 bits per heavy atom. The lowest BCUT2D eigenvalue weighted by Crippen LogP contribution is -2.44. The van der Waals surface area contributed by atoms with Crippen molar-refractivity contribution < 1.29 is 14.4 Å². The first-order valence-electron chi connectivity index (χ1n) is 6.97. The van der Waals surface area contributed by atoms with Gasteiger partial charge in [-0.3, -0.25) is 14.5 Å². The summed E-state index contributed by atoms with van der Waals surface area (Å²) in [4.78, 5) is 37.1. The van der Waals surface area contributed by atoms with Crippen LogP contribution in [0.3, 0.4) is 0 Å². The molecule has 0 bridgehead atoms. The van der Waals surface area contributed by atoms with Gasteiger partial charge in [-0.05, 0) is 44.0 Å². The van der Waals surface area contributed by atoms with Gasteiger partial charge >= 0.3 is 6.03 Å². The molecule has 1 heterocycles. The number of halogens is 1. The van der Waals surface area contributed by atoms with Gasteiger partial charge in [-0.25, -0.2) is 4.79 Å².